The summed E-state index contributed by atoms with van der Waals surface area (Å²) in [5, 5.41) is 3.58. The molecule has 3 heteroatoms. The quantitative estimate of drug-likeness (QED) is 0.940. The number of nitrogens with one attached hydrogen (secondary N) is 1. The first-order valence-corrected chi connectivity index (χ1v) is 8.63. The van der Waals surface area contributed by atoms with Gasteiger partial charge in [-0.1, -0.05) is 48.5 Å². The van der Waals surface area contributed by atoms with Gasteiger partial charge >= 0.3 is 0 Å². The Hall–Kier alpha value is -1.84. The second kappa shape index (κ2) is 6.34. The number of hydrogen-bond acceptors (Lipinski definition) is 3. The molecule has 0 bridgehead atoms. The van der Waals surface area contributed by atoms with Gasteiger partial charge in [0.1, 0.15) is 0 Å². The van der Waals surface area contributed by atoms with Gasteiger partial charge in [-0.3, -0.25) is 4.90 Å². The molecule has 2 aliphatic heterocycles. The van der Waals surface area contributed by atoms with E-state index in [1.54, 1.807) is 0 Å². The molecule has 1 saturated heterocycles. The molecule has 1 fully saturated rings. The van der Waals surface area contributed by atoms with Gasteiger partial charge in [0.25, 0.3) is 0 Å². The van der Waals surface area contributed by atoms with Gasteiger partial charge in [-0.05, 0) is 30.2 Å². The van der Waals surface area contributed by atoms with Gasteiger partial charge in [-0.2, -0.15) is 0 Å². The van der Waals surface area contributed by atoms with Crippen LogP contribution in [0.4, 0.5) is 5.69 Å². The number of rotatable bonds is 3. The summed E-state index contributed by atoms with van der Waals surface area (Å²) < 4.78 is 0. The molecule has 0 spiro atoms. The summed E-state index contributed by atoms with van der Waals surface area (Å²) in [5.74, 6) is 0. The van der Waals surface area contributed by atoms with Crippen molar-refractivity contribution < 1.29 is 0 Å². The van der Waals surface area contributed by atoms with Crippen molar-refractivity contribution in [2.24, 2.45) is 0 Å². The number of likely N-dealkylation sites (N-methyl/N-ethyl adjacent to an activating group) is 1. The highest BCUT2D eigenvalue weighted by Gasteiger charge is 2.27. The van der Waals surface area contributed by atoms with Crippen molar-refractivity contribution in [2.45, 2.75) is 19.0 Å². The van der Waals surface area contributed by atoms with Crippen molar-refractivity contribution in [1.29, 1.82) is 0 Å². The summed E-state index contributed by atoms with van der Waals surface area (Å²) in [7, 11) is 2.23. The van der Waals surface area contributed by atoms with E-state index in [1.165, 1.54) is 22.4 Å². The summed E-state index contributed by atoms with van der Waals surface area (Å²) in [6.07, 6.45) is 1.16. The lowest BCUT2D eigenvalue weighted by Crippen LogP contribution is -2.46. The lowest BCUT2D eigenvalue weighted by molar-refractivity contribution is 0.0835. The lowest BCUT2D eigenvalue weighted by atomic mass is 10.0. The molecule has 0 aromatic heterocycles. The van der Waals surface area contributed by atoms with Crippen LogP contribution in [0.15, 0.2) is 48.5 Å². The van der Waals surface area contributed by atoms with Crippen molar-refractivity contribution >= 4 is 5.69 Å². The van der Waals surface area contributed by atoms with Crippen molar-refractivity contribution in [3.8, 4) is 0 Å². The Kier molecular flexibility index (Phi) is 4.06. The summed E-state index contributed by atoms with van der Waals surface area (Å²) in [5.41, 5.74) is 5.75. The number of benzene rings is 2. The minimum absolute atomic E-state index is 0.479. The molecular weight excluding hydrogens is 282 g/mol. The van der Waals surface area contributed by atoms with Gasteiger partial charge in [0.15, 0.2) is 0 Å². The molecule has 2 aliphatic rings. The molecule has 0 aliphatic carbocycles. The molecule has 3 nitrogen and oxygen atoms in total. The van der Waals surface area contributed by atoms with E-state index in [2.05, 4.69) is 70.7 Å². The largest absolute Gasteiger partial charge is 0.384 e. The Balaban J connectivity index is 1.60. The predicted octanol–water partition coefficient (Wildman–Crippen LogP) is 3.14. The Labute approximate surface area is 138 Å². The first kappa shape index (κ1) is 14.7. The molecule has 1 N–H and O–H groups in total. The highest BCUT2D eigenvalue weighted by molar-refractivity contribution is 5.61. The highest BCUT2D eigenvalue weighted by atomic mass is 15.3. The van der Waals surface area contributed by atoms with Crippen molar-refractivity contribution in [2.75, 3.05) is 38.5 Å². The highest BCUT2D eigenvalue weighted by Crippen LogP contribution is 2.31. The molecule has 1 atom stereocenters. The van der Waals surface area contributed by atoms with Gasteiger partial charge in [0.2, 0.25) is 0 Å². The third-order valence-electron chi connectivity index (χ3n) is 5.19. The average Bonchev–Trinajstić information content (AvgIpc) is 3.07. The van der Waals surface area contributed by atoms with E-state index in [0.29, 0.717) is 6.04 Å². The maximum atomic E-state index is 3.58. The zero-order chi connectivity index (χ0) is 15.6. The number of piperazine rings is 1. The van der Waals surface area contributed by atoms with Crippen LogP contribution in [-0.2, 0) is 13.0 Å². The summed E-state index contributed by atoms with van der Waals surface area (Å²) in [6.45, 7) is 5.48. The summed E-state index contributed by atoms with van der Waals surface area (Å²) >= 11 is 0. The maximum Gasteiger partial charge on any atom is 0.0479 e. The third kappa shape index (κ3) is 2.99. The van der Waals surface area contributed by atoms with E-state index in [4.69, 9.17) is 0 Å². The van der Waals surface area contributed by atoms with Gasteiger partial charge in [0.05, 0.1) is 0 Å². The Morgan fingerprint density at radius 2 is 1.91 bits per heavy atom. The van der Waals surface area contributed by atoms with E-state index >= 15 is 0 Å². The zero-order valence-corrected chi connectivity index (χ0v) is 13.8. The zero-order valence-electron chi connectivity index (χ0n) is 13.8. The first-order chi connectivity index (χ1) is 11.3. The van der Waals surface area contributed by atoms with Crippen LogP contribution in [0.5, 0.6) is 0 Å². The Morgan fingerprint density at radius 3 is 2.78 bits per heavy atom. The molecule has 0 radical (unpaired) electrons. The van der Waals surface area contributed by atoms with E-state index in [-0.39, 0.29) is 0 Å². The van der Waals surface area contributed by atoms with Gasteiger partial charge in [-0.25, -0.2) is 0 Å². The molecular formula is C20H25N3. The standard InChI is InChI=1S/C20H25N3/c1-22-12-13-23(19(15-22)16-6-3-2-4-7-16)14-18-9-5-8-17-10-11-21-20(17)18/h2-9,19,21H,10-15H2,1H3. The number of fused-ring (bicyclic) bond motifs is 1. The molecule has 2 aromatic carbocycles. The number of hydrogen-bond donors (Lipinski definition) is 1. The Bertz CT molecular complexity index is 668. The molecule has 1 unspecified atom stereocenters. The summed E-state index contributed by atoms with van der Waals surface area (Å²) in [6, 6.07) is 18.2. The third-order valence-corrected chi connectivity index (χ3v) is 5.19. The second-order valence-corrected chi connectivity index (χ2v) is 6.79. The van der Waals surface area contributed by atoms with Crippen LogP contribution in [0, 0.1) is 0 Å². The predicted molar refractivity (Wildman–Crippen MR) is 95.7 cm³/mol. The fourth-order valence-electron chi connectivity index (χ4n) is 3.90. The van der Waals surface area contributed by atoms with Crippen LogP contribution in [-0.4, -0.2) is 43.0 Å². The van der Waals surface area contributed by atoms with Crippen LogP contribution in [0.3, 0.4) is 0 Å². The topological polar surface area (TPSA) is 18.5 Å². The molecule has 0 saturated carbocycles. The van der Waals surface area contributed by atoms with E-state index in [9.17, 15) is 0 Å². The number of nitrogens with zero attached hydrogens (tertiary/aromatic N) is 2. The minimum atomic E-state index is 0.479. The molecule has 0 amide bonds. The van der Waals surface area contributed by atoms with E-state index < -0.39 is 0 Å². The fraction of sp³-hybridized carbons (Fsp3) is 0.400. The van der Waals surface area contributed by atoms with Crippen LogP contribution in [0.1, 0.15) is 22.7 Å². The van der Waals surface area contributed by atoms with Crippen LogP contribution >= 0.6 is 0 Å². The van der Waals surface area contributed by atoms with Gasteiger partial charge in [-0.15, -0.1) is 0 Å². The minimum Gasteiger partial charge on any atom is -0.384 e. The maximum absolute atomic E-state index is 3.58. The van der Waals surface area contributed by atoms with Crippen LogP contribution in [0.25, 0.3) is 0 Å². The number of para-hydroxylation sites is 1. The van der Waals surface area contributed by atoms with Crippen LogP contribution in [0.2, 0.25) is 0 Å². The molecule has 2 heterocycles. The molecule has 120 valence electrons. The SMILES string of the molecule is CN1CCN(Cc2cccc3c2NCC3)C(c2ccccc2)C1. The van der Waals surface area contributed by atoms with Gasteiger partial charge < -0.3 is 10.2 Å². The monoisotopic (exact) mass is 307 g/mol. The normalized spacial score (nSPS) is 21.9. The second-order valence-electron chi connectivity index (χ2n) is 6.79. The Morgan fingerprint density at radius 1 is 1.04 bits per heavy atom. The number of anilines is 1. The van der Waals surface area contributed by atoms with E-state index in [1.807, 2.05) is 0 Å². The first-order valence-electron chi connectivity index (χ1n) is 8.63. The van der Waals surface area contributed by atoms with Gasteiger partial charge in [0, 0.05) is 44.5 Å². The van der Waals surface area contributed by atoms with Crippen molar-refractivity contribution in [1.82, 2.24) is 9.80 Å². The van der Waals surface area contributed by atoms with Crippen molar-refractivity contribution in [3.63, 3.8) is 0 Å². The van der Waals surface area contributed by atoms with E-state index in [0.717, 1.165) is 39.1 Å². The van der Waals surface area contributed by atoms with Crippen molar-refractivity contribution in [3.05, 3.63) is 65.2 Å². The fourth-order valence-corrected chi connectivity index (χ4v) is 3.90. The molecule has 2 aromatic rings. The average molecular weight is 307 g/mol. The lowest BCUT2D eigenvalue weighted by Gasteiger charge is -2.40. The molecule has 23 heavy (non-hydrogen) atoms. The summed E-state index contributed by atoms with van der Waals surface area (Å²) in [4.78, 5) is 5.09. The smallest absolute Gasteiger partial charge is 0.0479 e. The van der Waals surface area contributed by atoms with Crippen LogP contribution < -0.4 is 5.32 Å². The molecule has 4 rings (SSSR count).